The van der Waals surface area contributed by atoms with Crippen molar-refractivity contribution in [2.75, 3.05) is 12.1 Å². The molecule has 1 aliphatic carbocycles. The Bertz CT molecular complexity index is 1360. The summed E-state index contributed by atoms with van der Waals surface area (Å²) in [7, 11) is 0. The Balaban J connectivity index is 1.64. The van der Waals surface area contributed by atoms with E-state index in [1.165, 1.54) is 0 Å². The number of hydrogen-bond donors (Lipinski definition) is 4. The van der Waals surface area contributed by atoms with Gasteiger partial charge in [0.05, 0.1) is 16.3 Å². The number of benzene rings is 2. The van der Waals surface area contributed by atoms with E-state index in [0.717, 1.165) is 22.4 Å². The molecule has 0 fully saturated rings. The number of hydrogen-bond acceptors (Lipinski definition) is 7. The summed E-state index contributed by atoms with van der Waals surface area (Å²) in [5, 5.41) is 7.37. The van der Waals surface area contributed by atoms with Crippen LogP contribution in [0.1, 0.15) is 28.5 Å². The van der Waals surface area contributed by atoms with E-state index >= 15 is 0 Å². The number of rotatable bonds is 4. The lowest BCUT2D eigenvalue weighted by molar-refractivity contribution is -0.112. The zero-order valence-electron chi connectivity index (χ0n) is 17.7. The Morgan fingerprint density at radius 2 is 1.88 bits per heavy atom. The molecular formula is C23H21N5O4S. The average molecular weight is 464 g/mol. The van der Waals surface area contributed by atoms with Crippen molar-refractivity contribution in [3.05, 3.63) is 63.8 Å². The molecule has 0 spiro atoms. The van der Waals surface area contributed by atoms with Crippen LogP contribution in [0.5, 0.6) is 11.5 Å². The highest BCUT2D eigenvalue weighted by molar-refractivity contribution is 7.85. The number of carbonyl (C=O) groups is 2. The highest BCUT2D eigenvalue weighted by atomic mass is 32.1. The van der Waals surface area contributed by atoms with Crippen LogP contribution in [0, 0.1) is 0 Å². The Labute approximate surface area is 194 Å². The van der Waals surface area contributed by atoms with Crippen LogP contribution in [0.25, 0.3) is 16.9 Å². The van der Waals surface area contributed by atoms with Crippen molar-refractivity contribution in [1.82, 2.24) is 9.78 Å². The van der Waals surface area contributed by atoms with Gasteiger partial charge in [-0.25, -0.2) is 4.68 Å². The monoisotopic (exact) mass is 463 g/mol. The Hall–Kier alpha value is -3.92. The minimum atomic E-state index is -0.595. The van der Waals surface area contributed by atoms with Crippen LogP contribution in [-0.4, -0.2) is 28.4 Å². The maximum Gasteiger partial charge on any atom is 0.269 e. The van der Waals surface area contributed by atoms with Gasteiger partial charge in [-0.3, -0.25) is 9.59 Å². The molecule has 0 unspecified atom stereocenters. The Morgan fingerprint density at radius 1 is 1.09 bits per heavy atom. The molecule has 2 amide bonds. The second kappa shape index (κ2) is 7.89. The number of nitrogens with zero attached hydrogens (tertiary/aromatic N) is 2. The number of carbonyl (C=O) groups excluding carboxylic acids is 2. The highest BCUT2D eigenvalue weighted by Crippen LogP contribution is 2.40. The second-order valence-corrected chi connectivity index (χ2v) is 8.29. The van der Waals surface area contributed by atoms with E-state index in [-0.39, 0.29) is 17.4 Å². The van der Waals surface area contributed by atoms with E-state index in [9.17, 15) is 9.59 Å². The predicted octanol–water partition coefficient (Wildman–Crippen LogP) is 2.52. The minimum absolute atomic E-state index is 0.148. The van der Waals surface area contributed by atoms with E-state index in [4.69, 9.17) is 20.9 Å². The maximum absolute atomic E-state index is 12.4. The van der Waals surface area contributed by atoms with Gasteiger partial charge in [0.25, 0.3) is 11.8 Å². The van der Waals surface area contributed by atoms with Crippen LogP contribution < -0.4 is 26.3 Å². The summed E-state index contributed by atoms with van der Waals surface area (Å²) in [6, 6.07) is 11.1. The minimum Gasteiger partial charge on any atom is -0.454 e. The van der Waals surface area contributed by atoms with Crippen molar-refractivity contribution in [2.24, 2.45) is 11.5 Å². The van der Waals surface area contributed by atoms with Crippen molar-refractivity contribution >= 4 is 30.1 Å². The SMILES string of the molecule is C/C(N)=C(/S)C(=O)Nc1ccc2c(c1)-c1c(c(C(N)=O)nn1-c1ccc3c(c1)OCO3)CC2. The van der Waals surface area contributed by atoms with Crippen LogP contribution in [0.15, 0.2) is 47.0 Å². The van der Waals surface area contributed by atoms with Gasteiger partial charge in [0, 0.05) is 28.6 Å². The molecule has 2 heterocycles. The van der Waals surface area contributed by atoms with E-state index < -0.39 is 11.8 Å². The number of aryl methyl sites for hydroxylation is 1. The summed E-state index contributed by atoms with van der Waals surface area (Å²) < 4.78 is 12.6. The first kappa shape index (κ1) is 21.0. The third-order valence-corrected chi connectivity index (χ3v) is 6.23. The normalized spacial score (nSPS) is 14.2. The molecule has 33 heavy (non-hydrogen) atoms. The number of nitrogens with two attached hydrogens (primary N) is 2. The summed E-state index contributed by atoms with van der Waals surface area (Å²) >= 11 is 4.17. The number of aromatic nitrogens is 2. The molecule has 5 rings (SSSR count). The summed E-state index contributed by atoms with van der Waals surface area (Å²) in [5.74, 6) is 0.240. The number of primary amides is 1. The van der Waals surface area contributed by atoms with Crippen molar-refractivity contribution in [2.45, 2.75) is 19.8 Å². The lowest BCUT2D eigenvalue weighted by atomic mass is 9.88. The Kier molecular flexibility index (Phi) is 5.01. The highest BCUT2D eigenvalue weighted by Gasteiger charge is 2.29. The fourth-order valence-corrected chi connectivity index (χ4v) is 4.14. The fraction of sp³-hybridized carbons (Fsp3) is 0.174. The average Bonchev–Trinajstić information content (AvgIpc) is 3.42. The lowest BCUT2D eigenvalue weighted by Crippen LogP contribution is -2.16. The van der Waals surface area contributed by atoms with Crippen LogP contribution in [0.4, 0.5) is 5.69 Å². The maximum atomic E-state index is 12.4. The number of amides is 2. The summed E-state index contributed by atoms with van der Waals surface area (Å²) in [6.07, 6.45) is 1.33. The van der Waals surface area contributed by atoms with Gasteiger partial charge in [-0.05, 0) is 49.6 Å². The van der Waals surface area contributed by atoms with E-state index in [1.807, 2.05) is 30.3 Å². The number of allylic oxidation sites excluding steroid dienone is 1. The third kappa shape index (κ3) is 3.58. The number of nitrogens with one attached hydrogen (secondary N) is 1. The van der Waals surface area contributed by atoms with Gasteiger partial charge in [-0.15, -0.1) is 12.6 Å². The molecule has 9 nitrogen and oxygen atoms in total. The quantitative estimate of drug-likeness (QED) is 0.347. The molecule has 0 saturated heterocycles. The van der Waals surface area contributed by atoms with Crippen LogP contribution in [0.2, 0.25) is 0 Å². The van der Waals surface area contributed by atoms with E-state index in [1.54, 1.807) is 17.7 Å². The zero-order valence-corrected chi connectivity index (χ0v) is 18.6. The first-order valence-electron chi connectivity index (χ1n) is 10.2. The predicted molar refractivity (Wildman–Crippen MR) is 126 cm³/mol. The van der Waals surface area contributed by atoms with Gasteiger partial charge in [0.2, 0.25) is 6.79 Å². The number of ether oxygens (including phenoxy) is 2. The first-order valence-corrected chi connectivity index (χ1v) is 10.7. The van der Waals surface area contributed by atoms with Gasteiger partial charge in [0.15, 0.2) is 17.2 Å². The Morgan fingerprint density at radius 3 is 2.64 bits per heavy atom. The fourth-order valence-electron chi connectivity index (χ4n) is 4.09. The van der Waals surface area contributed by atoms with Crippen molar-refractivity contribution < 1.29 is 19.1 Å². The van der Waals surface area contributed by atoms with Gasteiger partial charge in [0.1, 0.15) is 0 Å². The number of anilines is 1. The van der Waals surface area contributed by atoms with Gasteiger partial charge in [-0.2, -0.15) is 5.10 Å². The summed E-state index contributed by atoms with van der Waals surface area (Å²) in [6.45, 7) is 1.76. The van der Waals surface area contributed by atoms with Crippen molar-refractivity contribution in [1.29, 1.82) is 0 Å². The van der Waals surface area contributed by atoms with Gasteiger partial charge >= 0.3 is 0 Å². The number of fused-ring (bicyclic) bond motifs is 4. The number of thiol groups is 1. The molecule has 5 N–H and O–H groups in total. The molecule has 2 aliphatic rings. The van der Waals surface area contributed by atoms with Gasteiger partial charge in [-0.1, -0.05) is 6.07 Å². The molecule has 2 aromatic carbocycles. The molecule has 10 heteroatoms. The van der Waals surface area contributed by atoms with Crippen LogP contribution >= 0.6 is 12.6 Å². The lowest BCUT2D eigenvalue weighted by Gasteiger charge is -2.20. The topological polar surface area (TPSA) is 134 Å². The summed E-state index contributed by atoms with van der Waals surface area (Å²) in [4.78, 5) is 24.8. The third-order valence-electron chi connectivity index (χ3n) is 5.67. The largest absolute Gasteiger partial charge is 0.454 e. The molecule has 0 saturated carbocycles. The smallest absolute Gasteiger partial charge is 0.269 e. The standard InChI is InChI=1S/C23H21N5O4S/c1-11(24)21(33)23(30)26-13-4-2-12-3-6-15-19(22(25)29)27-28(20(15)16(12)8-13)14-5-7-17-18(9-14)32-10-31-17/h2,4-5,7-9,33H,3,6,10,24H2,1H3,(H2,25,29)(H,26,30)/b21-11-. The molecular weight excluding hydrogens is 442 g/mol. The molecule has 0 radical (unpaired) electrons. The second-order valence-electron chi connectivity index (χ2n) is 7.85. The van der Waals surface area contributed by atoms with Gasteiger partial charge < -0.3 is 26.3 Å². The molecule has 1 aliphatic heterocycles. The molecule has 1 aromatic heterocycles. The zero-order chi connectivity index (χ0) is 23.3. The first-order chi connectivity index (χ1) is 15.8. The molecule has 0 atom stereocenters. The molecule has 168 valence electrons. The van der Waals surface area contributed by atoms with E-state index in [0.29, 0.717) is 41.4 Å². The molecule has 3 aromatic rings. The van der Waals surface area contributed by atoms with Crippen molar-refractivity contribution in [3.63, 3.8) is 0 Å². The van der Waals surface area contributed by atoms with Crippen LogP contribution in [-0.2, 0) is 17.6 Å². The van der Waals surface area contributed by atoms with E-state index in [2.05, 4.69) is 23.0 Å². The summed E-state index contributed by atoms with van der Waals surface area (Å²) in [5.41, 5.74) is 16.6. The van der Waals surface area contributed by atoms with Crippen molar-refractivity contribution in [3.8, 4) is 28.4 Å². The van der Waals surface area contributed by atoms with Crippen LogP contribution in [0.3, 0.4) is 0 Å². The molecule has 0 bridgehead atoms.